The molecule has 0 aliphatic rings. The number of aliphatic hydroxyl groups is 1. The van der Waals surface area contributed by atoms with E-state index in [2.05, 4.69) is 0 Å². The molecule has 0 saturated carbocycles. The van der Waals surface area contributed by atoms with Crippen LogP contribution >= 0.6 is 0 Å². The van der Waals surface area contributed by atoms with E-state index in [0.717, 1.165) is 22.1 Å². The van der Waals surface area contributed by atoms with Crippen LogP contribution in [0.5, 0.6) is 5.75 Å². The first-order valence-electron chi connectivity index (χ1n) is 6.16. The first-order valence-corrected chi connectivity index (χ1v) is 6.16. The van der Waals surface area contributed by atoms with Gasteiger partial charge < -0.3 is 14.6 Å². The summed E-state index contributed by atoms with van der Waals surface area (Å²) in [4.78, 5) is 0. The van der Waals surface area contributed by atoms with Crippen molar-refractivity contribution in [2.75, 3.05) is 0 Å². The van der Waals surface area contributed by atoms with Gasteiger partial charge in [-0.15, -0.1) is 0 Å². The molecule has 0 spiro atoms. The van der Waals surface area contributed by atoms with Crippen LogP contribution in [0.15, 0.2) is 59.2 Å². The van der Waals surface area contributed by atoms with Crippen molar-refractivity contribution in [3.05, 3.63) is 65.9 Å². The van der Waals surface area contributed by atoms with Crippen LogP contribution in [0.1, 0.15) is 17.2 Å². The highest BCUT2D eigenvalue weighted by Crippen LogP contribution is 2.28. The minimum Gasteiger partial charge on any atom is -0.508 e. The quantitative estimate of drug-likeness (QED) is 0.753. The molecule has 3 nitrogen and oxygen atoms in total. The van der Waals surface area contributed by atoms with Gasteiger partial charge in [0.2, 0.25) is 0 Å². The van der Waals surface area contributed by atoms with Crippen LogP contribution in [0.25, 0.3) is 11.0 Å². The molecule has 1 unspecified atom stereocenters. The van der Waals surface area contributed by atoms with Gasteiger partial charge in [0.1, 0.15) is 11.3 Å². The summed E-state index contributed by atoms with van der Waals surface area (Å²) in [6.45, 7) is 0. The van der Waals surface area contributed by atoms with Crippen molar-refractivity contribution in [3.63, 3.8) is 0 Å². The van der Waals surface area contributed by atoms with Gasteiger partial charge >= 0.3 is 0 Å². The zero-order valence-corrected chi connectivity index (χ0v) is 10.3. The summed E-state index contributed by atoms with van der Waals surface area (Å²) in [6.07, 6.45) is 1.48. The van der Waals surface area contributed by atoms with Crippen LogP contribution in [-0.2, 0) is 6.42 Å². The van der Waals surface area contributed by atoms with E-state index in [0.29, 0.717) is 6.42 Å². The summed E-state index contributed by atoms with van der Waals surface area (Å²) >= 11 is 0. The molecule has 0 aliphatic heterocycles. The van der Waals surface area contributed by atoms with Crippen LogP contribution in [-0.4, -0.2) is 10.2 Å². The number of benzene rings is 2. The molecule has 0 saturated heterocycles. The fourth-order valence-electron chi connectivity index (χ4n) is 2.22. The zero-order valence-electron chi connectivity index (χ0n) is 10.3. The molecule has 1 heterocycles. The van der Waals surface area contributed by atoms with Gasteiger partial charge in [-0.2, -0.15) is 0 Å². The van der Waals surface area contributed by atoms with Crippen molar-refractivity contribution in [2.45, 2.75) is 12.5 Å². The van der Waals surface area contributed by atoms with E-state index >= 15 is 0 Å². The van der Waals surface area contributed by atoms with Gasteiger partial charge in [-0.05, 0) is 23.8 Å². The van der Waals surface area contributed by atoms with Crippen molar-refractivity contribution in [1.82, 2.24) is 0 Å². The average molecular weight is 254 g/mol. The van der Waals surface area contributed by atoms with E-state index in [9.17, 15) is 10.2 Å². The minimum atomic E-state index is -0.617. The fraction of sp³-hybridized carbons (Fsp3) is 0.125. The standard InChI is InChI=1S/C16H14O3/c17-12-7-5-11(6-8-12)9-15(18)14-10-19-16-4-2-1-3-13(14)16/h1-8,10,15,17-18H,9H2. The van der Waals surface area contributed by atoms with Crippen LogP contribution in [0.3, 0.4) is 0 Å². The maximum Gasteiger partial charge on any atom is 0.134 e. The van der Waals surface area contributed by atoms with E-state index in [1.807, 2.05) is 24.3 Å². The van der Waals surface area contributed by atoms with Gasteiger partial charge in [-0.25, -0.2) is 0 Å². The van der Waals surface area contributed by atoms with Crippen molar-refractivity contribution in [2.24, 2.45) is 0 Å². The lowest BCUT2D eigenvalue weighted by Crippen LogP contribution is -2.00. The molecular weight excluding hydrogens is 240 g/mol. The summed E-state index contributed by atoms with van der Waals surface area (Å²) in [5.41, 5.74) is 2.54. The summed E-state index contributed by atoms with van der Waals surface area (Å²) in [5.74, 6) is 0.229. The predicted molar refractivity (Wildman–Crippen MR) is 73.0 cm³/mol. The van der Waals surface area contributed by atoms with Gasteiger partial charge in [-0.3, -0.25) is 0 Å². The Morgan fingerprint density at radius 1 is 1.00 bits per heavy atom. The molecular formula is C16H14O3. The molecule has 3 heteroatoms. The van der Waals surface area contributed by atoms with Gasteiger partial charge in [0.05, 0.1) is 12.4 Å². The van der Waals surface area contributed by atoms with Crippen LogP contribution in [0, 0.1) is 0 Å². The van der Waals surface area contributed by atoms with E-state index < -0.39 is 6.10 Å². The highest BCUT2D eigenvalue weighted by atomic mass is 16.3. The second-order valence-electron chi connectivity index (χ2n) is 4.57. The maximum atomic E-state index is 10.3. The summed E-state index contributed by atoms with van der Waals surface area (Å²) < 4.78 is 5.43. The number of rotatable bonds is 3. The monoisotopic (exact) mass is 254 g/mol. The Morgan fingerprint density at radius 3 is 2.53 bits per heavy atom. The lowest BCUT2D eigenvalue weighted by Gasteiger charge is -2.09. The number of phenolic OH excluding ortho intramolecular Hbond substituents is 1. The fourth-order valence-corrected chi connectivity index (χ4v) is 2.22. The molecule has 0 fully saturated rings. The van der Waals surface area contributed by atoms with Crippen molar-refractivity contribution >= 4 is 11.0 Å². The van der Waals surface area contributed by atoms with E-state index in [-0.39, 0.29) is 5.75 Å². The van der Waals surface area contributed by atoms with Crippen LogP contribution in [0.2, 0.25) is 0 Å². The zero-order chi connectivity index (χ0) is 13.2. The molecule has 2 N–H and O–H groups in total. The van der Waals surface area contributed by atoms with E-state index in [4.69, 9.17) is 4.42 Å². The normalized spacial score (nSPS) is 12.7. The minimum absolute atomic E-state index is 0.229. The lowest BCUT2D eigenvalue weighted by atomic mass is 10.0. The molecule has 2 aromatic carbocycles. The number of fused-ring (bicyclic) bond motifs is 1. The Balaban J connectivity index is 1.87. The average Bonchev–Trinajstić information content (AvgIpc) is 2.85. The van der Waals surface area contributed by atoms with Crippen molar-refractivity contribution in [1.29, 1.82) is 0 Å². The Morgan fingerprint density at radius 2 is 1.74 bits per heavy atom. The topological polar surface area (TPSA) is 53.6 Å². The number of para-hydroxylation sites is 1. The van der Waals surface area contributed by atoms with Crippen LogP contribution in [0.4, 0.5) is 0 Å². The number of phenols is 1. The van der Waals surface area contributed by atoms with Gasteiger partial charge in [0, 0.05) is 17.4 Å². The van der Waals surface area contributed by atoms with Gasteiger partial charge in [0.15, 0.2) is 0 Å². The highest BCUT2D eigenvalue weighted by Gasteiger charge is 2.14. The van der Waals surface area contributed by atoms with E-state index in [1.165, 1.54) is 0 Å². The predicted octanol–water partition coefficient (Wildman–Crippen LogP) is 3.41. The summed E-state index contributed by atoms with van der Waals surface area (Å²) in [6, 6.07) is 14.5. The third kappa shape index (κ3) is 2.33. The summed E-state index contributed by atoms with van der Waals surface area (Å²) in [7, 11) is 0. The largest absolute Gasteiger partial charge is 0.508 e. The molecule has 1 atom stereocenters. The molecule has 19 heavy (non-hydrogen) atoms. The van der Waals surface area contributed by atoms with Crippen molar-refractivity contribution in [3.8, 4) is 5.75 Å². The van der Waals surface area contributed by atoms with Crippen molar-refractivity contribution < 1.29 is 14.6 Å². The molecule has 3 rings (SSSR count). The van der Waals surface area contributed by atoms with Gasteiger partial charge in [-0.1, -0.05) is 30.3 Å². The first-order chi connectivity index (χ1) is 9.24. The highest BCUT2D eigenvalue weighted by molar-refractivity contribution is 5.81. The third-order valence-electron chi connectivity index (χ3n) is 3.24. The number of aromatic hydroxyl groups is 1. The molecule has 0 aliphatic carbocycles. The molecule has 96 valence electrons. The van der Waals surface area contributed by atoms with Gasteiger partial charge in [0.25, 0.3) is 0 Å². The third-order valence-corrected chi connectivity index (χ3v) is 3.24. The molecule has 0 amide bonds. The molecule has 1 aromatic heterocycles. The smallest absolute Gasteiger partial charge is 0.134 e. The number of hydrogen-bond acceptors (Lipinski definition) is 3. The lowest BCUT2D eigenvalue weighted by molar-refractivity contribution is 0.179. The number of aliphatic hydroxyl groups excluding tert-OH is 1. The molecule has 3 aromatic rings. The maximum absolute atomic E-state index is 10.3. The van der Waals surface area contributed by atoms with E-state index in [1.54, 1.807) is 30.5 Å². The van der Waals surface area contributed by atoms with Crippen LogP contribution < -0.4 is 0 Å². The Hall–Kier alpha value is -2.26. The molecule has 0 bridgehead atoms. The summed E-state index contributed by atoms with van der Waals surface area (Å²) in [5, 5.41) is 20.5. The number of hydrogen-bond donors (Lipinski definition) is 2. The number of furan rings is 1. The Kier molecular flexibility index (Phi) is 2.97. The Bertz CT molecular complexity index is 683. The first kappa shape index (κ1) is 11.8. The second kappa shape index (κ2) is 4.78. The SMILES string of the molecule is Oc1ccc(CC(O)c2coc3ccccc23)cc1. The molecule has 0 radical (unpaired) electrons. The Labute approximate surface area is 110 Å². The second-order valence-corrected chi connectivity index (χ2v) is 4.57.